The zero-order valence-corrected chi connectivity index (χ0v) is 18.7. The van der Waals surface area contributed by atoms with Crippen LogP contribution in [0.1, 0.15) is 20.8 Å². The number of rotatable bonds is 6. The summed E-state index contributed by atoms with van der Waals surface area (Å²) in [4.78, 5) is 12.1. The van der Waals surface area contributed by atoms with Crippen molar-refractivity contribution in [1.29, 1.82) is 0 Å². The van der Waals surface area contributed by atoms with E-state index in [0.29, 0.717) is 6.26 Å². The maximum absolute atomic E-state index is 12.8. The van der Waals surface area contributed by atoms with Crippen LogP contribution in [0, 0.1) is 5.41 Å². The van der Waals surface area contributed by atoms with Crippen molar-refractivity contribution in [3.05, 3.63) is 40.8 Å². The average molecular weight is 483 g/mol. The van der Waals surface area contributed by atoms with Crippen LogP contribution in [0.4, 0.5) is 13.2 Å². The molecular formula is C18H21F3N2O6S2. The summed E-state index contributed by atoms with van der Waals surface area (Å²) in [6, 6.07) is 4.46. The minimum Gasteiger partial charge on any atom is -0.487 e. The van der Waals surface area contributed by atoms with Crippen molar-refractivity contribution in [3.63, 3.8) is 0 Å². The normalized spacial score (nSPS) is 13.3. The molecule has 1 aromatic carbocycles. The van der Waals surface area contributed by atoms with Crippen LogP contribution in [-0.4, -0.2) is 45.7 Å². The third-order valence-electron chi connectivity index (χ3n) is 3.83. The molecule has 0 spiro atoms. The third-order valence-corrected chi connectivity index (χ3v) is 8.45. The molecule has 31 heavy (non-hydrogen) atoms. The summed E-state index contributed by atoms with van der Waals surface area (Å²) in [5.74, 6) is -0.382. The molecule has 2 rings (SSSR count). The summed E-state index contributed by atoms with van der Waals surface area (Å²) in [6.07, 6.45) is -3.12. The molecule has 1 aromatic heterocycles. The van der Waals surface area contributed by atoms with Gasteiger partial charge in [0.15, 0.2) is 5.75 Å². The van der Waals surface area contributed by atoms with Crippen LogP contribution >= 0.6 is 0 Å². The van der Waals surface area contributed by atoms with E-state index in [1.54, 1.807) is 20.8 Å². The smallest absolute Gasteiger partial charge is 0.408 e. The number of hydrogen-bond donors (Lipinski definition) is 0. The highest BCUT2D eigenvalue weighted by atomic mass is 33.2. The quantitative estimate of drug-likeness (QED) is 0.582. The molecule has 0 saturated heterocycles. The fraction of sp³-hybridized carbons (Fsp3) is 0.444. The number of aromatic nitrogens is 2. The van der Waals surface area contributed by atoms with Crippen LogP contribution in [0.25, 0.3) is 11.1 Å². The van der Waals surface area contributed by atoms with Crippen LogP contribution in [0.3, 0.4) is 0 Å². The van der Waals surface area contributed by atoms with Crippen LogP contribution in [-0.2, 0) is 24.3 Å². The van der Waals surface area contributed by atoms with E-state index in [1.807, 2.05) is 0 Å². The molecule has 0 saturated carbocycles. The maximum atomic E-state index is 12.8. The van der Waals surface area contributed by atoms with Gasteiger partial charge in [-0.3, -0.25) is 4.79 Å². The zero-order valence-electron chi connectivity index (χ0n) is 17.1. The van der Waals surface area contributed by atoms with E-state index in [1.165, 1.54) is 12.1 Å². The second-order valence-corrected chi connectivity index (χ2v) is 13.9. The molecule has 0 aliphatic heterocycles. The van der Waals surface area contributed by atoms with Gasteiger partial charge in [0.25, 0.3) is 17.7 Å². The molecule has 0 amide bonds. The Morgan fingerprint density at radius 1 is 1.03 bits per heavy atom. The Bertz CT molecular complexity index is 1230. The molecule has 13 heteroatoms. The Labute approximate surface area is 176 Å². The van der Waals surface area contributed by atoms with E-state index in [2.05, 4.69) is 5.10 Å². The monoisotopic (exact) mass is 482 g/mol. The molecule has 2 aromatic rings. The standard InChI is InChI=1S/C18H21F3N2O6S2/c1-17(2,3)11-29-15-14(9-22-23(16(15)24)10-18(19,20)21)12-5-7-13(8-6-12)31(27,28)30(4,25)26/h5-9H,10-11H2,1-4H3. The van der Waals surface area contributed by atoms with Gasteiger partial charge in [-0.1, -0.05) is 32.9 Å². The lowest BCUT2D eigenvalue weighted by Gasteiger charge is -2.20. The van der Waals surface area contributed by atoms with Crippen molar-refractivity contribution in [1.82, 2.24) is 9.78 Å². The van der Waals surface area contributed by atoms with Crippen LogP contribution in [0.5, 0.6) is 5.75 Å². The van der Waals surface area contributed by atoms with Crippen molar-refractivity contribution in [3.8, 4) is 16.9 Å². The molecule has 0 atom stereocenters. The Balaban J connectivity index is 2.59. The van der Waals surface area contributed by atoms with Gasteiger partial charge >= 0.3 is 11.7 Å². The van der Waals surface area contributed by atoms with Crippen molar-refractivity contribution < 1.29 is 34.7 Å². The Morgan fingerprint density at radius 2 is 1.58 bits per heavy atom. The highest BCUT2D eigenvalue weighted by molar-refractivity contribution is 8.66. The van der Waals surface area contributed by atoms with E-state index in [4.69, 9.17) is 4.74 Å². The molecule has 1 heterocycles. The molecule has 0 bridgehead atoms. The Kier molecular flexibility index (Phi) is 6.62. The minimum absolute atomic E-state index is 0.00577. The first kappa shape index (κ1) is 24.9. The molecule has 0 fully saturated rings. The number of halogens is 3. The van der Waals surface area contributed by atoms with Gasteiger partial charge in [-0.2, -0.15) is 18.3 Å². The summed E-state index contributed by atoms with van der Waals surface area (Å²) >= 11 is 0. The highest BCUT2D eigenvalue weighted by Gasteiger charge is 2.31. The van der Waals surface area contributed by atoms with Crippen molar-refractivity contribution in [2.45, 2.75) is 38.4 Å². The van der Waals surface area contributed by atoms with Gasteiger partial charge in [0.1, 0.15) is 6.54 Å². The first-order chi connectivity index (χ1) is 13.9. The molecule has 172 valence electrons. The first-order valence-electron chi connectivity index (χ1n) is 8.77. The fourth-order valence-electron chi connectivity index (χ4n) is 2.36. The summed E-state index contributed by atoms with van der Waals surface area (Å²) in [5.41, 5.74) is -1.28. The van der Waals surface area contributed by atoms with Gasteiger partial charge in [-0.25, -0.2) is 21.5 Å². The second-order valence-electron chi connectivity index (χ2n) is 8.00. The maximum Gasteiger partial charge on any atom is 0.408 e. The van der Waals surface area contributed by atoms with Gasteiger partial charge in [0.2, 0.25) is 0 Å². The number of nitrogens with zero attached hydrogens (tertiary/aromatic N) is 2. The van der Waals surface area contributed by atoms with E-state index < -0.39 is 46.3 Å². The largest absolute Gasteiger partial charge is 0.487 e. The summed E-state index contributed by atoms with van der Waals surface area (Å²) in [6.45, 7) is 3.79. The predicted octanol–water partition coefficient (Wildman–Crippen LogP) is 2.63. The van der Waals surface area contributed by atoms with Crippen LogP contribution < -0.4 is 10.3 Å². The Morgan fingerprint density at radius 3 is 2.03 bits per heavy atom. The van der Waals surface area contributed by atoms with E-state index >= 15 is 0 Å². The number of alkyl halides is 3. The lowest BCUT2D eigenvalue weighted by atomic mass is 9.98. The minimum atomic E-state index is -4.68. The van der Waals surface area contributed by atoms with Gasteiger partial charge in [0.05, 0.1) is 24.0 Å². The average Bonchev–Trinajstić information content (AvgIpc) is 2.59. The Hall–Kier alpha value is -2.41. The van der Waals surface area contributed by atoms with E-state index in [-0.39, 0.29) is 28.2 Å². The van der Waals surface area contributed by atoms with Gasteiger partial charge in [-0.15, -0.1) is 0 Å². The van der Waals surface area contributed by atoms with E-state index in [9.17, 15) is 34.8 Å². The highest BCUT2D eigenvalue weighted by Crippen LogP contribution is 2.30. The second kappa shape index (κ2) is 8.26. The number of hydrogen-bond acceptors (Lipinski definition) is 7. The topological polar surface area (TPSA) is 112 Å². The molecular weight excluding hydrogens is 461 g/mol. The summed E-state index contributed by atoms with van der Waals surface area (Å²) in [5, 5.41) is 3.55. The summed E-state index contributed by atoms with van der Waals surface area (Å²) in [7, 11) is -9.04. The molecule has 0 radical (unpaired) electrons. The van der Waals surface area contributed by atoms with Gasteiger partial charge in [0, 0.05) is 5.56 Å². The SMILES string of the molecule is CC(C)(C)COc1c(-c2ccc(S(=O)(=O)S(C)(=O)=O)cc2)cnn(CC(F)(F)F)c1=O. The zero-order chi connectivity index (χ0) is 23.8. The number of benzene rings is 1. The van der Waals surface area contributed by atoms with Gasteiger partial charge < -0.3 is 4.74 Å². The molecule has 0 aliphatic carbocycles. The molecule has 8 nitrogen and oxygen atoms in total. The third kappa shape index (κ3) is 6.06. The van der Waals surface area contributed by atoms with Crippen molar-refractivity contribution >= 4 is 17.7 Å². The lowest BCUT2D eigenvalue weighted by Crippen LogP contribution is -2.32. The fourth-order valence-corrected chi connectivity index (χ4v) is 4.56. The molecule has 0 N–H and O–H groups in total. The van der Waals surface area contributed by atoms with Crippen LogP contribution in [0.15, 0.2) is 40.2 Å². The summed E-state index contributed by atoms with van der Waals surface area (Å²) < 4.78 is 91.1. The molecule has 0 aliphatic rings. The van der Waals surface area contributed by atoms with Gasteiger partial charge in [-0.05, 0) is 23.1 Å². The van der Waals surface area contributed by atoms with Crippen molar-refractivity contribution in [2.24, 2.45) is 5.41 Å². The molecule has 0 unspecified atom stereocenters. The lowest BCUT2D eigenvalue weighted by molar-refractivity contribution is -0.143. The predicted molar refractivity (Wildman–Crippen MR) is 107 cm³/mol. The number of ether oxygens (including phenoxy) is 1. The van der Waals surface area contributed by atoms with Crippen LogP contribution in [0.2, 0.25) is 0 Å². The van der Waals surface area contributed by atoms with E-state index in [0.717, 1.165) is 18.3 Å². The van der Waals surface area contributed by atoms with Crippen molar-refractivity contribution in [2.75, 3.05) is 12.9 Å². The first-order valence-corrected chi connectivity index (χ1v) is 12.7.